The molecule has 2 heterocycles. The maximum atomic E-state index is 14.1. The highest BCUT2D eigenvalue weighted by atomic mass is 19.4. The summed E-state index contributed by atoms with van der Waals surface area (Å²) in [6.07, 6.45) is -0.658. The Bertz CT molecular complexity index is 1230. The Labute approximate surface area is 206 Å². The van der Waals surface area contributed by atoms with Crippen LogP contribution in [0.4, 0.5) is 24.8 Å². The summed E-state index contributed by atoms with van der Waals surface area (Å²) in [5, 5.41) is 3.16. The first-order valence-electron chi connectivity index (χ1n) is 11.5. The molecule has 0 atom stereocenters. The van der Waals surface area contributed by atoms with Gasteiger partial charge < -0.3 is 20.7 Å². The maximum absolute atomic E-state index is 14.1. The lowest BCUT2D eigenvalue weighted by atomic mass is 9.96. The van der Waals surface area contributed by atoms with Crippen molar-refractivity contribution in [3.05, 3.63) is 73.1 Å². The summed E-state index contributed by atoms with van der Waals surface area (Å²) in [5.74, 6) is 0.723. The molecule has 188 valence electrons. The van der Waals surface area contributed by atoms with Crippen LogP contribution in [-0.4, -0.2) is 40.4 Å². The SMILES string of the molecule is C=CC(=O)N1CCC(CNc2ncnc(N)c2-c2ccc(Oc3ccccc3)cc2C(F)(F)F)CC1. The van der Waals surface area contributed by atoms with Crippen LogP contribution in [0.15, 0.2) is 67.5 Å². The second-order valence-corrected chi connectivity index (χ2v) is 8.46. The van der Waals surface area contributed by atoms with Gasteiger partial charge in [0.1, 0.15) is 29.5 Å². The summed E-state index contributed by atoms with van der Waals surface area (Å²) in [7, 11) is 0. The highest BCUT2D eigenvalue weighted by molar-refractivity contribution is 5.87. The fourth-order valence-corrected chi connectivity index (χ4v) is 4.19. The van der Waals surface area contributed by atoms with Crippen LogP contribution in [0.2, 0.25) is 0 Å². The minimum atomic E-state index is -4.67. The van der Waals surface area contributed by atoms with Crippen LogP contribution in [0.1, 0.15) is 18.4 Å². The van der Waals surface area contributed by atoms with E-state index < -0.39 is 11.7 Å². The van der Waals surface area contributed by atoms with E-state index in [-0.39, 0.29) is 40.3 Å². The van der Waals surface area contributed by atoms with Crippen molar-refractivity contribution in [2.45, 2.75) is 19.0 Å². The number of amides is 1. The van der Waals surface area contributed by atoms with E-state index in [0.29, 0.717) is 25.4 Å². The predicted molar refractivity (Wildman–Crippen MR) is 131 cm³/mol. The van der Waals surface area contributed by atoms with E-state index in [2.05, 4.69) is 21.9 Å². The van der Waals surface area contributed by atoms with Crippen LogP contribution in [0.3, 0.4) is 0 Å². The third-order valence-electron chi connectivity index (χ3n) is 6.08. The first-order chi connectivity index (χ1) is 17.3. The van der Waals surface area contributed by atoms with Crippen molar-refractivity contribution in [3.63, 3.8) is 0 Å². The number of carbonyl (C=O) groups excluding carboxylic acids is 1. The molecule has 1 amide bonds. The van der Waals surface area contributed by atoms with Crippen molar-refractivity contribution in [2.75, 3.05) is 30.7 Å². The van der Waals surface area contributed by atoms with Crippen LogP contribution in [-0.2, 0) is 11.0 Å². The lowest BCUT2D eigenvalue weighted by molar-refractivity contribution is -0.137. The normalized spacial score (nSPS) is 14.4. The molecule has 1 aromatic heterocycles. The maximum Gasteiger partial charge on any atom is 0.417 e. The lowest BCUT2D eigenvalue weighted by Gasteiger charge is -2.31. The zero-order chi connectivity index (χ0) is 25.7. The molecule has 2 aromatic carbocycles. The summed E-state index contributed by atoms with van der Waals surface area (Å²) in [5.41, 5.74) is 5.09. The predicted octanol–water partition coefficient (Wildman–Crippen LogP) is 5.37. The third-order valence-corrected chi connectivity index (χ3v) is 6.08. The Morgan fingerprint density at radius 1 is 1.14 bits per heavy atom. The number of likely N-dealkylation sites (tertiary alicyclic amines) is 1. The molecule has 0 saturated carbocycles. The first-order valence-corrected chi connectivity index (χ1v) is 11.5. The number of alkyl halides is 3. The van der Waals surface area contributed by atoms with Gasteiger partial charge >= 0.3 is 6.18 Å². The number of nitrogen functional groups attached to an aromatic ring is 1. The average Bonchev–Trinajstić information content (AvgIpc) is 2.87. The van der Waals surface area contributed by atoms with Gasteiger partial charge in [-0.2, -0.15) is 13.2 Å². The standard InChI is InChI=1S/C26H26F3N5O2/c1-2-22(35)34-12-10-17(11-13-34)15-31-25-23(24(30)32-16-33-25)20-9-8-19(14-21(20)26(27,28)29)36-18-6-4-3-5-7-18/h2-9,14,16-17H,1,10-13,15H2,(H3,30,31,32,33). The van der Waals surface area contributed by atoms with Gasteiger partial charge in [-0.05, 0) is 55.2 Å². The smallest absolute Gasteiger partial charge is 0.417 e. The van der Waals surface area contributed by atoms with Gasteiger partial charge in [0.15, 0.2) is 0 Å². The molecule has 1 aliphatic heterocycles. The van der Waals surface area contributed by atoms with Crippen molar-refractivity contribution in [2.24, 2.45) is 5.92 Å². The van der Waals surface area contributed by atoms with Crippen molar-refractivity contribution in [3.8, 4) is 22.6 Å². The Balaban J connectivity index is 1.59. The highest BCUT2D eigenvalue weighted by Gasteiger charge is 2.36. The number of ether oxygens (including phenoxy) is 1. The molecule has 3 N–H and O–H groups in total. The number of nitrogens with two attached hydrogens (primary N) is 1. The molecule has 4 rings (SSSR count). The summed E-state index contributed by atoms with van der Waals surface area (Å²) in [4.78, 5) is 21.6. The van der Waals surface area contributed by atoms with Gasteiger partial charge in [0.25, 0.3) is 0 Å². The van der Waals surface area contributed by atoms with Crippen LogP contribution in [0.25, 0.3) is 11.1 Å². The van der Waals surface area contributed by atoms with Gasteiger partial charge in [0.05, 0.1) is 11.1 Å². The van der Waals surface area contributed by atoms with Gasteiger partial charge in [0.2, 0.25) is 5.91 Å². The monoisotopic (exact) mass is 497 g/mol. The number of halogens is 3. The van der Waals surface area contributed by atoms with Gasteiger partial charge in [0, 0.05) is 25.2 Å². The molecule has 0 unspecified atom stereocenters. The summed E-state index contributed by atoms with van der Waals surface area (Å²) >= 11 is 0. The zero-order valence-electron chi connectivity index (χ0n) is 19.5. The summed E-state index contributed by atoms with van der Waals surface area (Å²) in [6.45, 7) is 5.17. The van der Waals surface area contributed by atoms with Crippen LogP contribution < -0.4 is 15.8 Å². The molecule has 0 bridgehead atoms. The minimum absolute atomic E-state index is 0.0445. The molecule has 0 aliphatic carbocycles. The van der Waals surface area contributed by atoms with E-state index in [9.17, 15) is 18.0 Å². The fraction of sp³-hybridized carbons (Fsp3) is 0.269. The molecule has 1 saturated heterocycles. The second-order valence-electron chi connectivity index (χ2n) is 8.46. The van der Waals surface area contributed by atoms with Crippen molar-refractivity contribution in [1.29, 1.82) is 0 Å². The largest absolute Gasteiger partial charge is 0.457 e. The number of nitrogens with zero attached hydrogens (tertiary/aromatic N) is 3. The number of rotatable bonds is 7. The summed E-state index contributed by atoms with van der Waals surface area (Å²) < 4.78 is 48.0. The number of benzene rings is 2. The lowest BCUT2D eigenvalue weighted by Crippen LogP contribution is -2.39. The number of piperidine rings is 1. The molecule has 7 nitrogen and oxygen atoms in total. The number of hydrogen-bond donors (Lipinski definition) is 2. The second kappa shape index (κ2) is 10.7. The molecular weight excluding hydrogens is 471 g/mol. The number of nitrogens with one attached hydrogen (secondary N) is 1. The van der Waals surface area contributed by atoms with E-state index in [1.54, 1.807) is 35.2 Å². The first kappa shape index (κ1) is 25.0. The number of aromatic nitrogens is 2. The van der Waals surface area contributed by atoms with Gasteiger partial charge in [-0.15, -0.1) is 0 Å². The molecule has 3 aromatic rings. The Hall–Kier alpha value is -4.08. The highest BCUT2D eigenvalue weighted by Crippen LogP contribution is 2.43. The van der Waals surface area contributed by atoms with Gasteiger partial charge in [-0.3, -0.25) is 4.79 Å². The number of carbonyl (C=O) groups is 1. The topological polar surface area (TPSA) is 93.4 Å². The van der Waals surface area contributed by atoms with E-state index in [1.165, 1.54) is 24.5 Å². The quantitative estimate of drug-likeness (QED) is 0.426. The van der Waals surface area contributed by atoms with E-state index in [1.807, 2.05) is 0 Å². The molecule has 10 heteroatoms. The zero-order valence-corrected chi connectivity index (χ0v) is 19.5. The molecule has 0 spiro atoms. The van der Waals surface area contributed by atoms with E-state index >= 15 is 0 Å². The van der Waals surface area contributed by atoms with Crippen LogP contribution in [0, 0.1) is 5.92 Å². The van der Waals surface area contributed by atoms with Crippen LogP contribution >= 0.6 is 0 Å². The molecule has 1 aliphatic rings. The Morgan fingerprint density at radius 2 is 1.86 bits per heavy atom. The Kier molecular flexibility index (Phi) is 7.42. The Morgan fingerprint density at radius 3 is 2.53 bits per heavy atom. The van der Waals surface area contributed by atoms with Crippen molar-refractivity contribution >= 4 is 17.5 Å². The molecule has 0 radical (unpaired) electrons. The van der Waals surface area contributed by atoms with E-state index in [0.717, 1.165) is 18.9 Å². The van der Waals surface area contributed by atoms with Crippen LogP contribution in [0.5, 0.6) is 11.5 Å². The van der Waals surface area contributed by atoms with Gasteiger partial charge in [-0.25, -0.2) is 9.97 Å². The van der Waals surface area contributed by atoms with Crippen molar-refractivity contribution < 1.29 is 22.7 Å². The number of hydrogen-bond acceptors (Lipinski definition) is 6. The molecule has 1 fully saturated rings. The number of para-hydroxylation sites is 1. The van der Waals surface area contributed by atoms with Crippen molar-refractivity contribution in [1.82, 2.24) is 14.9 Å². The summed E-state index contributed by atoms with van der Waals surface area (Å²) in [6, 6.07) is 12.3. The number of anilines is 2. The van der Waals surface area contributed by atoms with Gasteiger partial charge in [-0.1, -0.05) is 24.8 Å². The van der Waals surface area contributed by atoms with E-state index in [4.69, 9.17) is 10.5 Å². The molecule has 36 heavy (non-hydrogen) atoms. The average molecular weight is 498 g/mol. The molecular formula is C26H26F3N5O2. The minimum Gasteiger partial charge on any atom is -0.457 e. The third kappa shape index (κ3) is 5.76. The fourth-order valence-electron chi connectivity index (χ4n) is 4.19.